The number of anilines is 1. The van der Waals surface area contributed by atoms with Crippen LogP contribution in [0.1, 0.15) is 62.6 Å². The Bertz CT molecular complexity index is 2300. The number of quaternary nitrogens is 1. The van der Waals surface area contributed by atoms with E-state index in [2.05, 4.69) is 51.2 Å². The van der Waals surface area contributed by atoms with Crippen molar-refractivity contribution in [2.45, 2.75) is 64.5 Å². The number of hydrogen-bond acceptors (Lipinski definition) is 10. The molecule has 3 aromatic rings. The van der Waals surface area contributed by atoms with Crippen molar-refractivity contribution in [1.82, 2.24) is 35.0 Å². The number of piperazine rings is 1. The monoisotopic (exact) mass is 817 g/mol. The number of nitrogens with zero attached hydrogens (tertiary/aromatic N) is 6. The van der Waals surface area contributed by atoms with Crippen LogP contribution < -0.4 is 26.8 Å². The second kappa shape index (κ2) is 16.8. The molecule has 1 aromatic carbocycles. The zero-order valence-corrected chi connectivity index (χ0v) is 34.6. The molecule has 60 heavy (non-hydrogen) atoms. The highest BCUT2D eigenvalue weighted by Crippen LogP contribution is 2.37. The van der Waals surface area contributed by atoms with Gasteiger partial charge in [-0.1, -0.05) is 29.9 Å². The minimum Gasteiger partial charge on any atom is -0.507 e. The second-order valence-electron chi connectivity index (χ2n) is 17.3. The summed E-state index contributed by atoms with van der Waals surface area (Å²) in [6.45, 7) is 10.8. The zero-order chi connectivity index (χ0) is 41.5. The summed E-state index contributed by atoms with van der Waals surface area (Å²) in [5.74, 6) is 1.46. The molecule has 15 nitrogen and oxygen atoms in total. The number of hydrogen-bond donors (Lipinski definition) is 5. The van der Waals surface area contributed by atoms with Gasteiger partial charge in [-0.25, -0.2) is 20.6 Å². The number of pyridine rings is 1. The minimum atomic E-state index is -0.394. The summed E-state index contributed by atoms with van der Waals surface area (Å²) in [7, 11) is 0. The van der Waals surface area contributed by atoms with Gasteiger partial charge >= 0.3 is 6.03 Å². The number of phenolic OH excluding ortho intramolecular Hbond substituents is 1. The number of aromatic hydroxyl groups is 1. The van der Waals surface area contributed by atoms with Gasteiger partial charge in [-0.2, -0.15) is 0 Å². The number of morpholine rings is 1. The third kappa shape index (κ3) is 8.00. The first-order chi connectivity index (χ1) is 29.1. The average Bonchev–Trinajstić information content (AvgIpc) is 3.59. The van der Waals surface area contributed by atoms with Gasteiger partial charge in [0.25, 0.3) is 5.91 Å². The van der Waals surface area contributed by atoms with Crippen LogP contribution in [-0.2, 0) is 14.3 Å². The van der Waals surface area contributed by atoms with Gasteiger partial charge in [-0.3, -0.25) is 24.7 Å². The normalized spacial score (nSPS) is 25.8. The number of carbonyl (C=O) groups excluding carboxylic acids is 3. The molecule has 4 aliphatic heterocycles. The first-order valence-corrected chi connectivity index (χ1v) is 21.5. The third-order valence-corrected chi connectivity index (χ3v) is 13.4. The van der Waals surface area contributed by atoms with Gasteiger partial charge in [0.2, 0.25) is 5.91 Å². The Kier molecular flexibility index (Phi) is 11.1. The second-order valence-corrected chi connectivity index (χ2v) is 17.3. The van der Waals surface area contributed by atoms with E-state index in [0.29, 0.717) is 49.7 Å². The topological polar surface area (TPSA) is 178 Å². The van der Waals surface area contributed by atoms with E-state index in [1.165, 1.54) is 0 Å². The van der Waals surface area contributed by atoms with Gasteiger partial charge in [0, 0.05) is 94.0 Å². The van der Waals surface area contributed by atoms with Gasteiger partial charge < -0.3 is 29.9 Å². The number of urea groups is 1. The molecular formula is C45H57N10O5+. The molecule has 15 heteroatoms. The maximum absolute atomic E-state index is 13.9. The first kappa shape index (κ1) is 39.8. The molecule has 6 aliphatic rings. The minimum absolute atomic E-state index is 0.0461. The number of phenols is 1. The molecule has 2 aromatic heterocycles. The molecule has 9 rings (SSSR count). The lowest BCUT2D eigenvalue weighted by Gasteiger charge is -2.40. The first-order valence-electron chi connectivity index (χ1n) is 21.5. The van der Waals surface area contributed by atoms with Crippen molar-refractivity contribution in [2.75, 3.05) is 63.9 Å². The number of benzene rings is 1. The maximum atomic E-state index is 13.9. The predicted molar refractivity (Wildman–Crippen MR) is 228 cm³/mol. The van der Waals surface area contributed by atoms with E-state index in [1.807, 2.05) is 46.7 Å². The van der Waals surface area contributed by atoms with Crippen molar-refractivity contribution in [3.05, 3.63) is 94.7 Å². The lowest BCUT2D eigenvalue weighted by Crippen LogP contribution is -2.91. The number of fused-ring (bicyclic) bond motifs is 1. The highest BCUT2D eigenvalue weighted by Gasteiger charge is 2.34. The van der Waals surface area contributed by atoms with E-state index in [4.69, 9.17) is 15.5 Å². The van der Waals surface area contributed by atoms with Gasteiger partial charge in [-0.15, -0.1) is 0 Å². The SMILES string of the molecule is CC1=C(C(=O)N2CCN(CC3CCC(n4cc(C)c5cc(N6CCC(=O)NC6=O)cnc54)CC3)CC2)C=CC([C@@H]2CN(C3=C(N)N[NH2+]C(c4ccccc4O)=C3)CCO2)C1. The molecule has 316 valence electrons. The van der Waals surface area contributed by atoms with Crippen LogP contribution in [0.2, 0.25) is 0 Å². The number of nitrogens with one attached hydrogen (secondary N) is 2. The number of para-hydroxylation sites is 1. The van der Waals surface area contributed by atoms with E-state index in [-0.39, 0.29) is 36.0 Å². The molecule has 0 bridgehead atoms. The Balaban J connectivity index is 0.746. The van der Waals surface area contributed by atoms with Crippen molar-refractivity contribution in [3.8, 4) is 5.75 Å². The number of carbonyl (C=O) groups is 3. The maximum Gasteiger partial charge on any atom is 0.328 e. The van der Waals surface area contributed by atoms with Crippen LogP contribution in [0.5, 0.6) is 5.75 Å². The van der Waals surface area contributed by atoms with Crippen molar-refractivity contribution in [3.63, 3.8) is 0 Å². The molecule has 3 saturated heterocycles. The quantitative estimate of drug-likeness (QED) is 0.212. The Labute approximate surface area is 350 Å². The molecule has 1 unspecified atom stereocenters. The van der Waals surface area contributed by atoms with E-state index < -0.39 is 6.03 Å². The highest BCUT2D eigenvalue weighted by atomic mass is 16.5. The Hall–Kier alpha value is -5.64. The Morgan fingerprint density at radius 1 is 1.05 bits per heavy atom. The number of rotatable bonds is 8. The van der Waals surface area contributed by atoms with E-state index in [0.717, 1.165) is 110 Å². The number of amides is 4. The Morgan fingerprint density at radius 2 is 1.85 bits per heavy atom. The summed E-state index contributed by atoms with van der Waals surface area (Å²) in [5, 5.41) is 13.9. The van der Waals surface area contributed by atoms with Crippen molar-refractivity contribution in [2.24, 2.45) is 17.6 Å². The molecule has 4 amide bonds. The zero-order valence-electron chi connectivity index (χ0n) is 34.6. The van der Waals surface area contributed by atoms with Gasteiger partial charge in [0.05, 0.1) is 35.9 Å². The molecule has 7 N–H and O–H groups in total. The number of allylic oxidation sites excluding steroid dienone is 2. The number of aryl methyl sites for hydroxylation is 1. The number of imide groups is 1. The summed E-state index contributed by atoms with van der Waals surface area (Å²) in [5.41, 5.74) is 18.7. The number of aromatic nitrogens is 2. The lowest BCUT2D eigenvalue weighted by molar-refractivity contribution is -0.619. The molecule has 0 radical (unpaired) electrons. The fourth-order valence-corrected chi connectivity index (χ4v) is 9.98. The largest absolute Gasteiger partial charge is 0.507 e. The number of ether oxygens (including phenoxy) is 1. The predicted octanol–water partition coefficient (Wildman–Crippen LogP) is 3.22. The number of nitrogens with two attached hydrogens (primary N) is 2. The molecule has 2 aliphatic carbocycles. The van der Waals surface area contributed by atoms with E-state index in [1.54, 1.807) is 17.2 Å². The van der Waals surface area contributed by atoms with Crippen LogP contribution in [0.25, 0.3) is 16.7 Å². The average molecular weight is 818 g/mol. The standard InChI is InChI=1S/C45H56N10O5/c1-28-21-31(40-27-53(19-20-60-40)38-23-37(49-50-42(38)46)35-5-3-4-6-39(35)56)9-12-34(28)44(58)52-17-15-51(16-18-52)26-30-7-10-32(11-8-30)55-25-29(2)36-22-33(24-47-43(36)55)54-14-13-41(57)48-45(54)59/h3-6,9,12,22-25,30-32,40,49-50,56H,7-8,10-11,13-21,26-27,46H2,1-2H3,(H,48,57,59)/p+1/t30?,31?,32?,40-/m0/s1. The van der Waals surface area contributed by atoms with Crippen LogP contribution >= 0.6 is 0 Å². The van der Waals surface area contributed by atoms with Crippen LogP contribution in [0, 0.1) is 18.8 Å². The molecule has 1 saturated carbocycles. The fraction of sp³-hybridized carbons (Fsp3) is 0.467. The van der Waals surface area contributed by atoms with Crippen LogP contribution in [-0.4, -0.2) is 112 Å². The Morgan fingerprint density at radius 3 is 2.62 bits per heavy atom. The summed E-state index contributed by atoms with van der Waals surface area (Å²) in [4.78, 5) is 51.2. The smallest absolute Gasteiger partial charge is 0.328 e. The van der Waals surface area contributed by atoms with Crippen LogP contribution in [0.15, 0.2) is 83.6 Å². The third-order valence-electron chi connectivity index (χ3n) is 13.4. The van der Waals surface area contributed by atoms with Gasteiger partial charge in [-0.05, 0) is 75.6 Å². The summed E-state index contributed by atoms with van der Waals surface area (Å²) in [6, 6.07) is 9.31. The van der Waals surface area contributed by atoms with E-state index in [9.17, 15) is 19.5 Å². The van der Waals surface area contributed by atoms with Crippen molar-refractivity contribution >= 4 is 40.3 Å². The van der Waals surface area contributed by atoms with Gasteiger partial charge in [0.1, 0.15) is 11.4 Å². The molecule has 2 atom stereocenters. The van der Waals surface area contributed by atoms with Gasteiger partial charge in [0.15, 0.2) is 11.5 Å². The fourth-order valence-electron chi connectivity index (χ4n) is 9.98. The summed E-state index contributed by atoms with van der Waals surface area (Å²) >= 11 is 0. The molecular weight excluding hydrogens is 761 g/mol. The van der Waals surface area contributed by atoms with Crippen LogP contribution in [0.3, 0.4) is 0 Å². The van der Waals surface area contributed by atoms with Crippen LogP contribution in [0.4, 0.5) is 10.5 Å². The summed E-state index contributed by atoms with van der Waals surface area (Å²) in [6.07, 6.45) is 15.7. The molecule has 4 fully saturated rings. The van der Waals surface area contributed by atoms with E-state index >= 15 is 0 Å². The van der Waals surface area contributed by atoms with Crippen molar-refractivity contribution < 1.29 is 29.7 Å². The highest BCUT2D eigenvalue weighted by molar-refractivity contribution is 6.06. The molecule has 0 spiro atoms. The van der Waals surface area contributed by atoms with Crippen molar-refractivity contribution in [1.29, 1.82) is 0 Å². The summed E-state index contributed by atoms with van der Waals surface area (Å²) < 4.78 is 8.65. The lowest BCUT2D eigenvalue weighted by atomic mass is 9.85. The molecule has 6 heterocycles.